The lowest BCUT2D eigenvalue weighted by Crippen LogP contribution is -2.26. The fourth-order valence-corrected chi connectivity index (χ4v) is 4.48. The lowest BCUT2D eigenvalue weighted by molar-refractivity contribution is 0.0953. The quantitative estimate of drug-likeness (QED) is 0.620. The number of aromatic nitrogens is 1. The number of carbonyl (C=O) groups excluding carboxylic acids is 1. The van der Waals surface area contributed by atoms with Crippen molar-refractivity contribution in [2.24, 2.45) is 0 Å². The minimum Gasteiger partial charge on any atom is -0.352 e. The second-order valence-electron chi connectivity index (χ2n) is 6.74. The van der Waals surface area contributed by atoms with Crippen molar-refractivity contribution in [3.8, 4) is 5.69 Å². The van der Waals surface area contributed by atoms with Crippen LogP contribution in [-0.4, -0.2) is 31.2 Å². The Bertz CT molecular complexity index is 1030. The largest absolute Gasteiger partial charge is 0.352 e. The zero-order valence-corrected chi connectivity index (χ0v) is 16.9. The Balaban J connectivity index is 1.54. The Morgan fingerprint density at radius 3 is 2.11 bits per heavy atom. The molecule has 5 nitrogen and oxygen atoms in total. The molecule has 0 aliphatic carbocycles. The molecule has 0 radical (unpaired) electrons. The number of sulfone groups is 1. The molecular weight excluding hydrogens is 372 g/mol. The normalized spacial score (nSPS) is 11.4. The fourth-order valence-electron chi connectivity index (χ4n) is 3.15. The highest BCUT2D eigenvalue weighted by atomic mass is 32.2. The van der Waals surface area contributed by atoms with Crippen molar-refractivity contribution in [1.29, 1.82) is 0 Å². The molecule has 0 spiro atoms. The number of nitrogens with one attached hydrogen (secondary N) is 1. The van der Waals surface area contributed by atoms with E-state index in [0.29, 0.717) is 23.4 Å². The van der Waals surface area contributed by atoms with E-state index in [4.69, 9.17) is 0 Å². The first-order valence-corrected chi connectivity index (χ1v) is 10.8. The zero-order valence-electron chi connectivity index (χ0n) is 16.1. The Labute approximate surface area is 165 Å². The summed E-state index contributed by atoms with van der Waals surface area (Å²) in [6, 6.07) is 19.9. The average Bonchev–Trinajstić information content (AvgIpc) is 3.04. The van der Waals surface area contributed by atoms with Crippen LogP contribution in [0.15, 0.2) is 71.6 Å². The molecule has 0 saturated heterocycles. The zero-order chi connectivity index (χ0) is 20.1. The molecule has 1 heterocycles. The summed E-state index contributed by atoms with van der Waals surface area (Å²) in [5, 5.41) is 2.79. The Kier molecular flexibility index (Phi) is 5.99. The van der Waals surface area contributed by atoms with Crippen LogP contribution in [0.3, 0.4) is 0 Å². The number of benzene rings is 2. The van der Waals surface area contributed by atoms with E-state index >= 15 is 0 Å². The Morgan fingerprint density at radius 1 is 0.893 bits per heavy atom. The number of hydrogen-bond acceptors (Lipinski definition) is 3. The molecule has 28 heavy (non-hydrogen) atoms. The minimum absolute atomic E-state index is 0.00240. The van der Waals surface area contributed by atoms with Crippen LogP contribution < -0.4 is 5.32 Å². The van der Waals surface area contributed by atoms with Crippen molar-refractivity contribution in [3.63, 3.8) is 0 Å². The molecule has 3 rings (SSSR count). The molecule has 6 heteroatoms. The van der Waals surface area contributed by atoms with Crippen molar-refractivity contribution >= 4 is 15.7 Å². The van der Waals surface area contributed by atoms with Crippen LogP contribution in [0.25, 0.3) is 5.69 Å². The third kappa shape index (κ3) is 4.51. The van der Waals surface area contributed by atoms with Gasteiger partial charge in [0.2, 0.25) is 0 Å². The molecule has 0 fully saturated rings. The maximum absolute atomic E-state index is 12.3. The number of hydrogen-bond donors (Lipinski definition) is 1. The molecular formula is C22H24N2O3S. The lowest BCUT2D eigenvalue weighted by atomic mass is 10.2. The number of carbonyl (C=O) groups is 1. The summed E-state index contributed by atoms with van der Waals surface area (Å²) < 4.78 is 26.6. The van der Waals surface area contributed by atoms with Gasteiger partial charge in [0.25, 0.3) is 5.91 Å². The van der Waals surface area contributed by atoms with Gasteiger partial charge >= 0.3 is 0 Å². The molecule has 0 atom stereocenters. The van der Waals surface area contributed by atoms with Gasteiger partial charge in [-0.25, -0.2) is 8.42 Å². The number of amides is 1. The summed E-state index contributed by atoms with van der Waals surface area (Å²) in [5.74, 6) is -0.202. The van der Waals surface area contributed by atoms with Crippen molar-refractivity contribution in [2.75, 3.05) is 12.3 Å². The van der Waals surface area contributed by atoms with Gasteiger partial charge in [0.15, 0.2) is 9.84 Å². The molecule has 0 bridgehead atoms. The van der Waals surface area contributed by atoms with E-state index in [1.165, 1.54) is 0 Å². The minimum atomic E-state index is -3.32. The average molecular weight is 397 g/mol. The lowest BCUT2D eigenvalue weighted by Gasteiger charge is -2.10. The van der Waals surface area contributed by atoms with Gasteiger partial charge in [-0.2, -0.15) is 0 Å². The van der Waals surface area contributed by atoms with Gasteiger partial charge < -0.3 is 9.88 Å². The van der Waals surface area contributed by atoms with Gasteiger partial charge in [0.1, 0.15) is 0 Å². The first-order chi connectivity index (χ1) is 13.4. The predicted octanol–water partition coefficient (Wildman–Crippen LogP) is 3.69. The molecule has 2 aromatic carbocycles. The van der Waals surface area contributed by atoms with Gasteiger partial charge in [-0.15, -0.1) is 0 Å². The highest BCUT2D eigenvalue weighted by Crippen LogP contribution is 2.17. The summed E-state index contributed by atoms with van der Waals surface area (Å²) in [6.45, 7) is 4.39. The highest BCUT2D eigenvalue weighted by molar-refractivity contribution is 7.91. The van der Waals surface area contributed by atoms with E-state index in [2.05, 4.69) is 22.0 Å². The Hall–Kier alpha value is -2.86. The van der Waals surface area contributed by atoms with Crippen molar-refractivity contribution in [1.82, 2.24) is 9.88 Å². The number of rotatable bonds is 7. The summed E-state index contributed by atoms with van der Waals surface area (Å²) in [6.07, 6.45) is 0.364. The smallest absolute Gasteiger partial charge is 0.251 e. The molecule has 0 aliphatic rings. The molecule has 0 aliphatic heterocycles. The van der Waals surface area contributed by atoms with Gasteiger partial charge in [-0.05, 0) is 68.8 Å². The van der Waals surface area contributed by atoms with Crippen LogP contribution in [0.5, 0.6) is 0 Å². The van der Waals surface area contributed by atoms with Crippen LogP contribution in [0.1, 0.15) is 28.2 Å². The van der Waals surface area contributed by atoms with E-state index in [1.54, 1.807) is 42.5 Å². The maximum atomic E-state index is 12.3. The second-order valence-corrected chi connectivity index (χ2v) is 8.85. The molecule has 1 aromatic heterocycles. The van der Waals surface area contributed by atoms with Crippen LogP contribution in [0.2, 0.25) is 0 Å². The topological polar surface area (TPSA) is 68.2 Å². The summed E-state index contributed by atoms with van der Waals surface area (Å²) in [5.41, 5.74) is 3.83. The van der Waals surface area contributed by atoms with E-state index in [0.717, 1.165) is 17.1 Å². The van der Waals surface area contributed by atoms with Gasteiger partial charge in [0.05, 0.1) is 10.6 Å². The first kappa shape index (κ1) is 19.9. The highest BCUT2D eigenvalue weighted by Gasteiger charge is 2.14. The van der Waals surface area contributed by atoms with Crippen LogP contribution >= 0.6 is 0 Å². The monoisotopic (exact) mass is 396 g/mol. The van der Waals surface area contributed by atoms with Gasteiger partial charge in [0, 0.05) is 29.2 Å². The summed E-state index contributed by atoms with van der Waals surface area (Å²) in [4.78, 5) is 12.6. The molecule has 0 unspecified atom stereocenters. The number of nitrogens with zero attached hydrogens (tertiary/aromatic N) is 1. The van der Waals surface area contributed by atoms with Crippen molar-refractivity contribution in [2.45, 2.75) is 25.2 Å². The van der Waals surface area contributed by atoms with Crippen LogP contribution in [0.4, 0.5) is 0 Å². The van der Waals surface area contributed by atoms with Gasteiger partial charge in [-0.3, -0.25) is 4.79 Å². The van der Waals surface area contributed by atoms with Crippen molar-refractivity contribution < 1.29 is 13.2 Å². The maximum Gasteiger partial charge on any atom is 0.251 e. The number of aryl methyl sites for hydroxylation is 2. The van der Waals surface area contributed by atoms with E-state index < -0.39 is 9.84 Å². The third-order valence-electron chi connectivity index (χ3n) is 4.64. The van der Waals surface area contributed by atoms with Gasteiger partial charge in [-0.1, -0.05) is 18.2 Å². The molecule has 146 valence electrons. The first-order valence-electron chi connectivity index (χ1n) is 9.20. The van der Waals surface area contributed by atoms with Crippen LogP contribution in [0, 0.1) is 13.8 Å². The molecule has 1 N–H and O–H groups in total. The second kappa shape index (κ2) is 8.44. The molecule has 3 aromatic rings. The summed E-state index contributed by atoms with van der Waals surface area (Å²) in [7, 11) is -3.32. The molecule has 0 saturated carbocycles. The van der Waals surface area contributed by atoms with Crippen LogP contribution in [-0.2, 0) is 9.84 Å². The van der Waals surface area contributed by atoms with E-state index in [9.17, 15) is 13.2 Å². The predicted molar refractivity (Wildman–Crippen MR) is 111 cm³/mol. The summed E-state index contributed by atoms with van der Waals surface area (Å²) >= 11 is 0. The third-order valence-corrected chi connectivity index (χ3v) is 6.45. The SMILES string of the molecule is Cc1ccc(C)n1-c1ccc(C(=O)NCCCS(=O)(=O)c2ccccc2)cc1. The van der Waals surface area contributed by atoms with Crippen molar-refractivity contribution in [3.05, 3.63) is 83.7 Å². The standard InChI is InChI=1S/C22H24N2O3S/c1-17-9-10-18(2)24(17)20-13-11-19(12-14-20)22(25)23-15-6-16-28(26,27)21-7-4-3-5-8-21/h3-5,7-14H,6,15-16H2,1-2H3,(H,23,25). The van der Waals surface area contributed by atoms with E-state index in [1.807, 2.05) is 26.0 Å². The van der Waals surface area contributed by atoms with E-state index in [-0.39, 0.29) is 11.7 Å². The fraction of sp³-hybridized carbons (Fsp3) is 0.227. The Morgan fingerprint density at radius 2 is 1.50 bits per heavy atom. The molecule has 1 amide bonds.